The predicted octanol–water partition coefficient (Wildman–Crippen LogP) is 5.52. The molecule has 1 aromatic heterocycles. The summed E-state index contributed by atoms with van der Waals surface area (Å²) in [6.45, 7) is 3.97. The van der Waals surface area contributed by atoms with Crippen molar-refractivity contribution in [1.82, 2.24) is 4.98 Å². The van der Waals surface area contributed by atoms with Gasteiger partial charge in [0.15, 0.2) is 5.15 Å². The second-order valence-electron chi connectivity index (χ2n) is 4.38. The first-order valence-corrected chi connectivity index (χ1v) is 6.94. The average Bonchev–Trinajstić information content (AvgIpc) is 2.33. The molecule has 0 aliphatic rings. The fourth-order valence-corrected chi connectivity index (χ4v) is 2.55. The number of hydrogen-bond donors (Lipinski definition) is 1. The van der Waals surface area contributed by atoms with Crippen molar-refractivity contribution in [3.63, 3.8) is 0 Å². The zero-order valence-corrected chi connectivity index (χ0v) is 12.8. The number of halogens is 3. The van der Waals surface area contributed by atoms with E-state index < -0.39 is 0 Å². The summed E-state index contributed by atoms with van der Waals surface area (Å²) in [6.07, 6.45) is 1.73. The highest BCUT2D eigenvalue weighted by Crippen LogP contribution is 2.30. The Balaban J connectivity index is 2.25. The summed E-state index contributed by atoms with van der Waals surface area (Å²) in [5.74, 6) is 0. The van der Waals surface area contributed by atoms with E-state index in [1.807, 2.05) is 32.0 Å². The van der Waals surface area contributed by atoms with E-state index >= 15 is 0 Å². The molecule has 1 atom stereocenters. The minimum absolute atomic E-state index is 0.00543. The van der Waals surface area contributed by atoms with E-state index in [-0.39, 0.29) is 6.04 Å². The van der Waals surface area contributed by atoms with Crippen LogP contribution in [0, 0.1) is 6.92 Å². The Morgan fingerprint density at radius 2 is 1.89 bits per heavy atom. The van der Waals surface area contributed by atoms with Crippen LogP contribution in [0.1, 0.15) is 24.1 Å². The lowest BCUT2D eigenvalue weighted by atomic mass is 10.1. The molecule has 1 heterocycles. The summed E-state index contributed by atoms with van der Waals surface area (Å²) >= 11 is 18.1. The molecule has 2 rings (SSSR count). The van der Waals surface area contributed by atoms with Gasteiger partial charge < -0.3 is 5.32 Å². The molecule has 0 spiro atoms. The van der Waals surface area contributed by atoms with E-state index in [0.29, 0.717) is 15.2 Å². The van der Waals surface area contributed by atoms with E-state index in [4.69, 9.17) is 34.8 Å². The minimum Gasteiger partial charge on any atom is -0.376 e. The summed E-state index contributed by atoms with van der Waals surface area (Å²) in [5.41, 5.74) is 2.80. The highest BCUT2D eigenvalue weighted by Gasteiger charge is 2.12. The maximum absolute atomic E-state index is 6.19. The van der Waals surface area contributed by atoms with Crippen LogP contribution >= 0.6 is 34.8 Å². The summed E-state index contributed by atoms with van der Waals surface area (Å²) in [5, 5.41) is 5.00. The maximum Gasteiger partial charge on any atom is 0.152 e. The summed E-state index contributed by atoms with van der Waals surface area (Å²) in [6, 6.07) is 7.41. The van der Waals surface area contributed by atoms with Gasteiger partial charge in [-0.3, -0.25) is 0 Å². The molecular weight excluding hydrogens is 303 g/mol. The highest BCUT2D eigenvalue weighted by molar-refractivity contribution is 6.35. The van der Waals surface area contributed by atoms with Crippen LogP contribution in [-0.4, -0.2) is 4.98 Å². The third-order valence-corrected chi connectivity index (χ3v) is 3.64. The second-order valence-corrected chi connectivity index (χ2v) is 5.58. The van der Waals surface area contributed by atoms with Gasteiger partial charge in [-0.1, -0.05) is 40.9 Å². The van der Waals surface area contributed by atoms with Crippen molar-refractivity contribution >= 4 is 40.5 Å². The van der Waals surface area contributed by atoms with Crippen LogP contribution in [0.15, 0.2) is 30.5 Å². The molecule has 2 aromatic rings. The Labute approximate surface area is 127 Å². The predicted molar refractivity (Wildman–Crippen MR) is 82.5 cm³/mol. The van der Waals surface area contributed by atoms with Crippen LogP contribution in [0.4, 0.5) is 5.69 Å². The number of hydrogen-bond acceptors (Lipinski definition) is 2. The van der Waals surface area contributed by atoms with Gasteiger partial charge in [0.2, 0.25) is 0 Å². The quantitative estimate of drug-likeness (QED) is 0.754. The molecule has 0 radical (unpaired) electrons. The Bertz CT molecular complexity index is 599. The lowest BCUT2D eigenvalue weighted by Gasteiger charge is -2.18. The molecule has 1 unspecified atom stereocenters. The number of aromatic nitrogens is 1. The molecule has 0 fully saturated rings. The van der Waals surface area contributed by atoms with Gasteiger partial charge in [0, 0.05) is 16.2 Å². The first-order valence-electron chi connectivity index (χ1n) is 5.81. The standard InChI is InChI=1S/C14H13Cl3N2/c1-8-5-13(14(17)18-7-8)19-9(2)11-4-3-10(15)6-12(11)16/h3-7,9,19H,1-2H3. The van der Waals surface area contributed by atoms with Gasteiger partial charge in [-0.15, -0.1) is 0 Å². The van der Waals surface area contributed by atoms with Gasteiger partial charge in [-0.25, -0.2) is 4.98 Å². The van der Waals surface area contributed by atoms with Crippen LogP contribution in [-0.2, 0) is 0 Å². The van der Waals surface area contributed by atoms with E-state index in [1.54, 1.807) is 12.3 Å². The maximum atomic E-state index is 6.19. The van der Waals surface area contributed by atoms with E-state index in [0.717, 1.165) is 16.8 Å². The van der Waals surface area contributed by atoms with Gasteiger partial charge in [-0.05, 0) is 43.2 Å². The van der Waals surface area contributed by atoms with Crippen LogP contribution in [0.2, 0.25) is 15.2 Å². The summed E-state index contributed by atoms with van der Waals surface area (Å²) in [4.78, 5) is 4.11. The highest BCUT2D eigenvalue weighted by atomic mass is 35.5. The van der Waals surface area contributed by atoms with Gasteiger partial charge in [0.25, 0.3) is 0 Å². The lowest BCUT2D eigenvalue weighted by Crippen LogP contribution is -2.08. The molecule has 100 valence electrons. The van der Waals surface area contributed by atoms with Gasteiger partial charge in [-0.2, -0.15) is 0 Å². The zero-order chi connectivity index (χ0) is 14.0. The largest absolute Gasteiger partial charge is 0.376 e. The fraction of sp³-hybridized carbons (Fsp3) is 0.214. The Hall–Kier alpha value is -0.960. The minimum atomic E-state index is 0.00543. The molecule has 5 heteroatoms. The number of aryl methyl sites for hydroxylation is 1. The summed E-state index contributed by atoms with van der Waals surface area (Å²) in [7, 11) is 0. The van der Waals surface area contributed by atoms with Gasteiger partial charge in [0.05, 0.1) is 11.7 Å². The van der Waals surface area contributed by atoms with Crippen molar-refractivity contribution < 1.29 is 0 Å². The zero-order valence-electron chi connectivity index (χ0n) is 10.5. The molecule has 1 aromatic carbocycles. The fourth-order valence-electron chi connectivity index (χ4n) is 1.82. The number of nitrogens with one attached hydrogen (secondary N) is 1. The van der Waals surface area contributed by atoms with E-state index in [1.165, 1.54) is 0 Å². The Kier molecular flexibility index (Phi) is 4.56. The Morgan fingerprint density at radius 3 is 2.58 bits per heavy atom. The molecular formula is C14H13Cl3N2. The number of pyridine rings is 1. The SMILES string of the molecule is Cc1cnc(Cl)c(NC(C)c2ccc(Cl)cc2Cl)c1. The third-order valence-electron chi connectivity index (χ3n) is 2.78. The molecule has 0 saturated heterocycles. The number of anilines is 1. The number of rotatable bonds is 3. The lowest BCUT2D eigenvalue weighted by molar-refractivity contribution is 0.883. The van der Waals surface area contributed by atoms with Crippen LogP contribution in [0.5, 0.6) is 0 Å². The first kappa shape index (κ1) is 14.4. The molecule has 1 N–H and O–H groups in total. The third kappa shape index (κ3) is 3.53. The van der Waals surface area contributed by atoms with Crippen molar-refractivity contribution in [3.8, 4) is 0 Å². The molecule has 2 nitrogen and oxygen atoms in total. The van der Waals surface area contributed by atoms with Crippen molar-refractivity contribution in [2.24, 2.45) is 0 Å². The smallest absolute Gasteiger partial charge is 0.152 e. The average molecular weight is 316 g/mol. The van der Waals surface area contributed by atoms with Crippen molar-refractivity contribution in [2.75, 3.05) is 5.32 Å². The topological polar surface area (TPSA) is 24.9 Å². The first-order chi connectivity index (χ1) is 8.97. The molecule has 0 saturated carbocycles. The molecule has 0 amide bonds. The Morgan fingerprint density at radius 1 is 1.16 bits per heavy atom. The van der Waals surface area contributed by atoms with Crippen LogP contribution in [0.25, 0.3) is 0 Å². The normalized spacial score (nSPS) is 12.3. The van der Waals surface area contributed by atoms with E-state index in [9.17, 15) is 0 Å². The molecule has 19 heavy (non-hydrogen) atoms. The van der Waals surface area contributed by atoms with Gasteiger partial charge in [0.1, 0.15) is 0 Å². The molecule has 0 aliphatic heterocycles. The monoisotopic (exact) mass is 314 g/mol. The van der Waals surface area contributed by atoms with Crippen molar-refractivity contribution in [2.45, 2.75) is 19.9 Å². The number of nitrogens with zero attached hydrogens (tertiary/aromatic N) is 1. The van der Waals surface area contributed by atoms with Gasteiger partial charge >= 0.3 is 0 Å². The van der Waals surface area contributed by atoms with E-state index in [2.05, 4.69) is 10.3 Å². The van der Waals surface area contributed by atoms with Crippen molar-refractivity contribution in [3.05, 3.63) is 56.8 Å². The van der Waals surface area contributed by atoms with Crippen LogP contribution in [0.3, 0.4) is 0 Å². The van der Waals surface area contributed by atoms with Crippen molar-refractivity contribution in [1.29, 1.82) is 0 Å². The second kappa shape index (κ2) is 6.00. The van der Waals surface area contributed by atoms with Crippen LogP contribution < -0.4 is 5.32 Å². The summed E-state index contributed by atoms with van der Waals surface area (Å²) < 4.78 is 0. The number of benzene rings is 1. The molecule has 0 aliphatic carbocycles. The molecule has 0 bridgehead atoms.